The zero-order chi connectivity index (χ0) is 9.31. The summed E-state index contributed by atoms with van der Waals surface area (Å²) < 4.78 is 7.10. The largest absolute Gasteiger partial charge is 0.379 e. The van der Waals surface area contributed by atoms with Crippen molar-refractivity contribution < 1.29 is 9.84 Å². The van der Waals surface area contributed by atoms with Gasteiger partial charge in [0.05, 0.1) is 6.61 Å². The fourth-order valence-corrected chi connectivity index (χ4v) is 1.77. The van der Waals surface area contributed by atoms with Gasteiger partial charge in [0.2, 0.25) is 0 Å². The third-order valence-corrected chi connectivity index (χ3v) is 2.46. The van der Waals surface area contributed by atoms with Crippen molar-refractivity contribution in [1.29, 1.82) is 0 Å². The van der Waals surface area contributed by atoms with Crippen LogP contribution in [0.5, 0.6) is 0 Å². The van der Waals surface area contributed by atoms with Crippen molar-refractivity contribution >= 4 is 0 Å². The summed E-state index contributed by atoms with van der Waals surface area (Å²) >= 11 is 0. The fraction of sp³-hybridized carbons (Fsp3) is 0.667. The van der Waals surface area contributed by atoms with E-state index in [0.717, 1.165) is 19.4 Å². The lowest BCUT2D eigenvalue weighted by Crippen LogP contribution is -2.38. The Morgan fingerprint density at radius 2 is 2.54 bits per heavy atom. The second-order valence-electron chi connectivity index (χ2n) is 3.55. The van der Waals surface area contributed by atoms with E-state index in [1.807, 2.05) is 17.8 Å². The van der Waals surface area contributed by atoms with E-state index in [1.54, 1.807) is 6.20 Å². The lowest BCUT2D eigenvalue weighted by Gasteiger charge is -2.31. The summed E-state index contributed by atoms with van der Waals surface area (Å²) in [6.07, 6.45) is 5.16. The quantitative estimate of drug-likeness (QED) is 0.684. The lowest BCUT2D eigenvalue weighted by molar-refractivity contribution is -0.0968. The van der Waals surface area contributed by atoms with Gasteiger partial charge in [0, 0.05) is 26.0 Å². The van der Waals surface area contributed by atoms with Crippen LogP contribution in [0.15, 0.2) is 12.4 Å². The molecular formula is C9H14N2O2. The molecule has 1 unspecified atom stereocenters. The Labute approximate surface area is 77.2 Å². The lowest BCUT2D eigenvalue weighted by atomic mass is 9.96. The van der Waals surface area contributed by atoms with E-state index in [-0.39, 0.29) is 0 Å². The van der Waals surface area contributed by atoms with Crippen LogP contribution in [0.4, 0.5) is 0 Å². The summed E-state index contributed by atoms with van der Waals surface area (Å²) in [5.74, 6) is 0.701. The van der Waals surface area contributed by atoms with E-state index in [4.69, 9.17) is 4.74 Å². The highest BCUT2D eigenvalue weighted by atomic mass is 16.5. The summed E-state index contributed by atoms with van der Waals surface area (Å²) in [4.78, 5) is 4.14. The molecule has 4 nitrogen and oxygen atoms in total. The van der Waals surface area contributed by atoms with Crippen LogP contribution in [0.2, 0.25) is 0 Å². The smallest absolute Gasteiger partial charge is 0.145 e. The summed E-state index contributed by atoms with van der Waals surface area (Å²) in [5, 5.41) is 10.2. The normalized spacial score (nSPS) is 29.1. The van der Waals surface area contributed by atoms with Crippen molar-refractivity contribution in [3.05, 3.63) is 18.2 Å². The fourth-order valence-electron chi connectivity index (χ4n) is 1.77. The van der Waals surface area contributed by atoms with Crippen LogP contribution in [0.1, 0.15) is 18.7 Å². The SMILES string of the molecule is Cn1ccnc1C1(O)CCCOC1. The zero-order valence-electron chi connectivity index (χ0n) is 7.73. The van der Waals surface area contributed by atoms with Gasteiger partial charge in [0.25, 0.3) is 0 Å². The van der Waals surface area contributed by atoms with E-state index in [2.05, 4.69) is 4.98 Å². The number of ether oxygens (including phenoxy) is 1. The molecule has 2 rings (SSSR count). The maximum atomic E-state index is 10.2. The minimum Gasteiger partial charge on any atom is -0.379 e. The first-order valence-corrected chi connectivity index (χ1v) is 4.50. The number of hydrogen-bond acceptors (Lipinski definition) is 3. The predicted octanol–water partition coefficient (Wildman–Crippen LogP) is 0.418. The van der Waals surface area contributed by atoms with Gasteiger partial charge in [0.15, 0.2) is 0 Å². The molecule has 1 aromatic rings. The standard InChI is InChI=1S/C9H14N2O2/c1-11-5-4-10-8(11)9(12)3-2-6-13-7-9/h4-5,12H,2-3,6-7H2,1H3. The Bertz CT molecular complexity index is 290. The highest BCUT2D eigenvalue weighted by Gasteiger charge is 2.35. The molecule has 0 spiro atoms. The van der Waals surface area contributed by atoms with Crippen LogP contribution in [0, 0.1) is 0 Å². The number of imidazole rings is 1. The Morgan fingerprint density at radius 1 is 1.69 bits per heavy atom. The molecule has 4 heteroatoms. The first-order chi connectivity index (χ1) is 6.22. The van der Waals surface area contributed by atoms with Crippen molar-refractivity contribution in [3.63, 3.8) is 0 Å². The minimum absolute atomic E-state index is 0.359. The summed E-state index contributed by atoms with van der Waals surface area (Å²) in [5.41, 5.74) is -0.878. The van der Waals surface area contributed by atoms with Crippen molar-refractivity contribution in [2.24, 2.45) is 7.05 Å². The highest BCUT2D eigenvalue weighted by molar-refractivity contribution is 5.05. The molecule has 72 valence electrons. The van der Waals surface area contributed by atoms with Crippen molar-refractivity contribution in [2.45, 2.75) is 18.4 Å². The molecule has 2 heterocycles. The monoisotopic (exact) mass is 182 g/mol. The topological polar surface area (TPSA) is 47.3 Å². The van der Waals surface area contributed by atoms with Gasteiger partial charge >= 0.3 is 0 Å². The van der Waals surface area contributed by atoms with Crippen LogP contribution in [-0.4, -0.2) is 27.9 Å². The van der Waals surface area contributed by atoms with E-state index >= 15 is 0 Å². The number of nitrogens with zero attached hydrogens (tertiary/aromatic N) is 2. The molecule has 1 atom stereocenters. The molecular weight excluding hydrogens is 168 g/mol. The molecule has 0 aliphatic carbocycles. The van der Waals surface area contributed by atoms with E-state index in [1.165, 1.54) is 0 Å². The second kappa shape index (κ2) is 3.12. The van der Waals surface area contributed by atoms with Gasteiger partial charge in [-0.15, -0.1) is 0 Å². The molecule has 1 aromatic heterocycles. The third-order valence-electron chi connectivity index (χ3n) is 2.46. The number of aryl methyl sites for hydroxylation is 1. The van der Waals surface area contributed by atoms with Gasteiger partial charge in [-0.25, -0.2) is 4.98 Å². The molecule has 0 bridgehead atoms. The van der Waals surface area contributed by atoms with Crippen LogP contribution >= 0.6 is 0 Å². The van der Waals surface area contributed by atoms with Gasteiger partial charge in [-0.05, 0) is 12.8 Å². The number of hydrogen-bond donors (Lipinski definition) is 1. The zero-order valence-corrected chi connectivity index (χ0v) is 7.73. The van der Waals surface area contributed by atoms with Gasteiger partial charge in [0.1, 0.15) is 11.4 Å². The number of aliphatic hydroxyl groups is 1. The van der Waals surface area contributed by atoms with Crippen molar-refractivity contribution in [1.82, 2.24) is 9.55 Å². The molecule has 1 fully saturated rings. The summed E-state index contributed by atoms with van der Waals surface area (Å²) in [6, 6.07) is 0. The summed E-state index contributed by atoms with van der Waals surface area (Å²) in [6.45, 7) is 1.10. The van der Waals surface area contributed by atoms with Gasteiger partial charge < -0.3 is 14.4 Å². The molecule has 0 saturated carbocycles. The molecule has 1 saturated heterocycles. The van der Waals surface area contributed by atoms with E-state index < -0.39 is 5.60 Å². The van der Waals surface area contributed by atoms with E-state index in [9.17, 15) is 5.11 Å². The van der Waals surface area contributed by atoms with Crippen molar-refractivity contribution in [2.75, 3.05) is 13.2 Å². The average molecular weight is 182 g/mol. The molecule has 1 aliphatic heterocycles. The highest BCUT2D eigenvalue weighted by Crippen LogP contribution is 2.28. The second-order valence-corrected chi connectivity index (χ2v) is 3.55. The molecule has 0 radical (unpaired) electrons. The van der Waals surface area contributed by atoms with Gasteiger partial charge in [-0.2, -0.15) is 0 Å². The predicted molar refractivity (Wildman–Crippen MR) is 47.2 cm³/mol. The Kier molecular flexibility index (Phi) is 2.09. The molecule has 1 N–H and O–H groups in total. The van der Waals surface area contributed by atoms with E-state index in [0.29, 0.717) is 12.4 Å². The van der Waals surface area contributed by atoms with Crippen LogP contribution in [0.25, 0.3) is 0 Å². The maximum absolute atomic E-state index is 10.2. The van der Waals surface area contributed by atoms with Crippen molar-refractivity contribution in [3.8, 4) is 0 Å². The Hall–Kier alpha value is -0.870. The maximum Gasteiger partial charge on any atom is 0.145 e. The molecule has 1 aliphatic rings. The molecule has 0 aromatic carbocycles. The number of rotatable bonds is 1. The first-order valence-electron chi connectivity index (χ1n) is 4.50. The molecule has 0 amide bonds. The molecule has 13 heavy (non-hydrogen) atoms. The minimum atomic E-state index is -0.878. The third kappa shape index (κ3) is 1.47. The van der Waals surface area contributed by atoms with Crippen LogP contribution < -0.4 is 0 Å². The van der Waals surface area contributed by atoms with Gasteiger partial charge in [-0.3, -0.25) is 0 Å². The van der Waals surface area contributed by atoms with Crippen LogP contribution in [-0.2, 0) is 17.4 Å². The van der Waals surface area contributed by atoms with Crippen LogP contribution in [0.3, 0.4) is 0 Å². The Balaban J connectivity index is 2.27. The first kappa shape index (κ1) is 8.72. The summed E-state index contributed by atoms with van der Waals surface area (Å²) in [7, 11) is 1.88. The average Bonchev–Trinajstić information content (AvgIpc) is 2.53. The van der Waals surface area contributed by atoms with Gasteiger partial charge in [-0.1, -0.05) is 0 Å². The Morgan fingerprint density at radius 3 is 3.08 bits per heavy atom. The number of aromatic nitrogens is 2.